The molecule has 7 nitrogen and oxygen atoms in total. The molecule has 0 aliphatic carbocycles. The fourth-order valence-corrected chi connectivity index (χ4v) is 8.68. The molecule has 3 aromatic rings. The molecular weight excluding hydrogens is 543 g/mol. The molecule has 1 aromatic heterocycles. The highest BCUT2D eigenvalue weighted by Gasteiger charge is 2.48. The van der Waals surface area contributed by atoms with Crippen LogP contribution in [0.1, 0.15) is 89.1 Å². The number of para-hydroxylation sites is 2. The number of carboxylic acids is 1. The van der Waals surface area contributed by atoms with E-state index in [-0.39, 0.29) is 30.0 Å². The first-order chi connectivity index (χ1) is 20.7. The summed E-state index contributed by atoms with van der Waals surface area (Å²) in [6.07, 6.45) is 7.48. The normalized spacial score (nSPS) is 24.0. The van der Waals surface area contributed by atoms with E-state index in [4.69, 9.17) is 4.98 Å². The summed E-state index contributed by atoms with van der Waals surface area (Å²) in [6, 6.07) is 16.9. The number of likely N-dealkylation sites (tertiary alicyclic amines) is 1. The molecule has 1 amide bonds. The van der Waals surface area contributed by atoms with Crippen LogP contribution in [0.3, 0.4) is 0 Å². The number of amides is 1. The van der Waals surface area contributed by atoms with Crippen molar-refractivity contribution in [3.63, 3.8) is 0 Å². The van der Waals surface area contributed by atoms with Crippen LogP contribution in [-0.4, -0.2) is 68.1 Å². The number of carbonyl (C=O) groups is 2. The minimum absolute atomic E-state index is 0.235. The number of nitrogens with zero attached hydrogens (tertiary/aromatic N) is 4. The third-order valence-corrected chi connectivity index (χ3v) is 11.3. The van der Waals surface area contributed by atoms with Gasteiger partial charge in [0.1, 0.15) is 17.1 Å². The van der Waals surface area contributed by atoms with Gasteiger partial charge in [0.25, 0.3) is 0 Å². The molecule has 230 valence electrons. The van der Waals surface area contributed by atoms with E-state index in [0.29, 0.717) is 44.1 Å². The maximum Gasteiger partial charge on any atom is 0.319 e. The smallest absolute Gasteiger partial charge is 0.319 e. The van der Waals surface area contributed by atoms with E-state index >= 15 is 0 Å². The number of carboxylic acid groups (broad SMARTS) is 1. The Hall–Kier alpha value is -3.26. The second kappa shape index (κ2) is 11.7. The average Bonchev–Trinajstić information content (AvgIpc) is 3.47. The van der Waals surface area contributed by atoms with Crippen molar-refractivity contribution in [2.45, 2.75) is 102 Å². The lowest BCUT2D eigenvalue weighted by Crippen LogP contribution is -2.53. The van der Waals surface area contributed by atoms with Crippen LogP contribution in [0.4, 0.5) is 4.39 Å². The molecule has 0 radical (unpaired) electrons. The zero-order chi connectivity index (χ0) is 30.4. The van der Waals surface area contributed by atoms with Crippen LogP contribution in [0.25, 0.3) is 11.0 Å². The lowest BCUT2D eigenvalue weighted by atomic mass is 9.69. The van der Waals surface area contributed by atoms with Crippen LogP contribution in [0, 0.1) is 18.2 Å². The lowest BCUT2D eigenvalue weighted by molar-refractivity contribution is -0.162. The maximum atomic E-state index is 14.5. The van der Waals surface area contributed by atoms with Gasteiger partial charge in [0, 0.05) is 31.2 Å². The molecular formula is C35H45FN4O3. The SMILES string of the molecule is CCC(CC)(C(=O)O)C(=O)N1CCC(CCN2[C@@H]3CC[C@H]2CC(n2c(C)nc4ccccc42)C3)(c2cccc(F)c2)CC1. The van der Waals surface area contributed by atoms with Gasteiger partial charge in [-0.05, 0) is 106 Å². The molecule has 2 bridgehead atoms. The van der Waals surface area contributed by atoms with Crippen LogP contribution >= 0.6 is 0 Å². The summed E-state index contributed by atoms with van der Waals surface area (Å²) in [5.74, 6) is -0.466. The van der Waals surface area contributed by atoms with Crippen molar-refractivity contribution >= 4 is 22.9 Å². The Kier molecular flexibility index (Phi) is 8.09. The lowest BCUT2D eigenvalue weighted by Gasteiger charge is -2.46. The molecule has 6 rings (SSSR count). The van der Waals surface area contributed by atoms with Gasteiger partial charge in [0.2, 0.25) is 5.91 Å². The molecule has 3 saturated heterocycles. The van der Waals surface area contributed by atoms with Gasteiger partial charge in [0.05, 0.1) is 11.0 Å². The predicted molar refractivity (Wildman–Crippen MR) is 165 cm³/mol. The molecule has 3 aliphatic heterocycles. The van der Waals surface area contributed by atoms with Crippen LogP contribution < -0.4 is 0 Å². The first kappa shape index (κ1) is 29.8. The summed E-state index contributed by atoms with van der Waals surface area (Å²) < 4.78 is 17.0. The third-order valence-electron chi connectivity index (χ3n) is 11.3. The molecule has 43 heavy (non-hydrogen) atoms. The topological polar surface area (TPSA) is 78.7 Å². The highest BCUT2D eigenvalue weighted by molar-refractivity contribution is 6.01. The first-order valence-electron chi connectivity index (χ1n) is 16.2. The van der Waals surface area contributed by atoms with Crippen molar-refractivity contribution in [2.24, 2.45) is 5.41 Å². The van der Waals surface area contributed by atoms with Crippen molar-refractivity contribution in [3.8, 4) is 0 Å². The highest BCUT2D eigenvalue weighted by Crippen LogP contribution is 2.45. The Morgan fingerprint density at radius 2 is 1.67 bits per heavy atom. The number of carbonyl (C=O) groups excluding carboxylic acids is 1. The minimum atomic E-state index is -1.37. The predicted octanol–water partition coefficient (Wildman–Crippen LogP) is 6.49. The van der Waals surface area contributed by atoms with Crippen LogP contribution in [0.2, 0.25) is 0 Å². The molecule has 2 aromatic carbocycles. The van der Waals surface area contributed by atoms with Gasteiger partial charge in [0.15, 0.2) is 0 Å². The number of hydrogen-bond donors (Lipinski definition) is 1. The van der Waals surface area contributed by atoms with E-state index < -0.39 is 11.4 Å². The van der Waals surface area contributed by atoms with Gasteiger partial charge in [-0.15, -0.1) is 0 Å². The van der Waals surface area contributed by atoms with E-state index in [9.17, 15) is 19.1 Å². The van der Waals surface area contributed by atoms with Crippen molar-refractivity contribution in [3.05, 3.63) is 65.7 Å². The van der Waals surface area contributed by atoms with Gasteiger partial charge < -0.3 is 14.6 Å². The molecule has 0 saturated carbocycles. The third kappa shape index (κ3) is 5.15. The molecule has 3 aliphatic rings. The number of fused-ring (bicyclic) bond motifs is 3. The molecule has 3 fully saturated rings. The summed E-state index contributed by atoms with van der Waals surface area (Å²) in [7, 11) is 0. The standard InChI is InChI=1S/C35H45FN4O3/c1-4-35(5-2,33(42)43)32(41)38-18-15-34(16-19-38,25-9-8-10-26(36)21-25)17-20-39-27-13-14-28(39)23-29(22-27)40-24(3)37-30-11-6-7-12-31(30)40/h6-12,21,27-29H,4-5,13-20,22-23H2,1-3H3,(H,42,43)/t27-,28+,29?. The Morgan fingerprint density at radius 3 is 2.30 bits per heavy atom. The van der Waals surface area contributed by atoms with Crippen LogP contribution in [-0.2, 0) is 15.0 Å². The number of imidazole rings is 1. The quantitative estimate of drug-likeness (QED) is 0.289. The monoisotopic (exact) mass is 588 g/mol. The Morgan fingerprint density at radius 1 is 1.00 bits per heavy atom. The van der Waals surface area contributed by atoms with Gasteiger partial charge in [-0.1, -0.05) is 38.1 Å². The molecule has 0 spiro atoms. The number of aryl methyl sites for hydroxylation is 1. The molecule has 4 heterocycles. The fourth-order valence-electron chi connectivity index (χ4n) is 8.68. The van der Waals surface area contributed by atoms with E-state index in [0.717, 1.165) is 42.7 Å². The summed E-state index contributed by atoms with van der Waals surface area (Å²) in [5.41, 5.74) is 1.66. The van der Waals surface area contributed by atoms with Crippen LogP contribution in [0.15, 0.2) is 48.5 Å². The van der Waals surface area contributed by atoms with E-state index in [1.54, 1.807) is 30.9 Å². The minimum Gasteiger partial charge on any atom is -0.480 e. The number of rotatable bonds is 9. The number of aromatic nitrogens is 2. The van der Waals surface area contributed by atoms with E-state index in [2.05, 4.69) is 40.7 Å². The average molecular weight is 589 g/mol. The number of halogens is 1. The van der Waals surface area contributed by atoms with Gasteiger partial charge in [-0.25, -0.2) is 9.37 Å². The van der Waals surface area contributed by atoms with E-state index in [1.807, 2.05) is 6.07 Å². The number of piperidine rings is 2. The molecule has 3 atom stereocenters. The van der Waals surface area contributed by atoms with Gasteiger partial charge in [-0.3, -0.25) is 14.5 Å². The highest BCUT2D eigenvalue weighted by atomic mass is 19.1. The Labute approximate surface area is 254 Å². The number of aliphatic carboxylic acids is 1. The number of benzene rings is 2. The van der Waals surface area contributed by atoms with Crippen LogP contribution in [0.5, 0.6) is 0 Å². The van der Waals surface area contributed by atoms with Gasteiger partial charge in [-0.2, -0.15) is 0 Å². The van der Waals surface area contributed by atoms with Crippen molar-refractivity contribution in [1.29, 1.82) is 0 Å². The first-order valence-corrected chi connectivity index (χ1v) is 16.2. The van der Waals surface area contributed by atoms with Gasteiger partial charge >= 0.3 is 5.97 Å². The molecule has 8 heteroatoms. The largest absolute Gasteiger partial charge is 0.480 e. The zero-order valence-electron chi connectivity index (χ0n) is 25.8. The Bertz CT molecular complexity index is 1480. The van der Waals surface area contributed by atoms with E-state index in [1.165, 1.54) is 24.4 Å². The molecule has 1 unspecified atom stereocenters. The summed E-state index contributed by atoms with van der Waals surface area (Å²) in [4.78, 5) is 35.0. The second-order valence-corrected chi connectivity index (χ2v) is 13.2. The van der Waals surface area contributed by atoms with Crippen molar-refractivity contribution in [2.75, 3.05) is 19.6 Å². The Balaban J connectivity index is 1.19. The van der Waals surface area contributed by atoms with Crippen molar-refractivity contribution in [1.82, 2.24) is 19.4 Å². The fraction of sp³-hybridized carbons (Fsp3) is 0.571. The number of hydrogen-bond acceptors (Lipinski definition) is 4. The summed E-state index contributed by atoms with van der Waals surface area (Å²) >= 11 is 0. The zero-order valence-corrected chi connectivity index (χ0v) is 25.8. The maximum absolute atomic E-state index is 14.5. The summed E-state index contributed by atoms with van der Waals surface area (Å²) in [6.45, 7) is 7.61. The second-order valence-electron chi connectivity index (χ2n) is 13.2. The molecule has 1 N–H and O–H groups in total. The van der Waals surface area contributed by atoms with Crippen molar-refractivity contribution < 1.29 is 19.1 Å². The summed E-state index contributed by atoms with van der Waals surface area (Å²) in [5, 5.41) is 9.97.